The monoisotopic (exact) mass is 224 g/mol. The van der Waals surface area contributed by atoms with Gasteiger partial charge in [0.15, 0.2) is 5.78 Å². The van der Waals surface area contributed by atoms with E-state index in [4.69, 9.17) is 0 Å². The van der Waals surface area contributed by atoms with Gasteiger partial charge in [0.1, 0.15) is 5.69 Å². The van der Waals surface area contributed by atoms with Crippen LogP contribution in [0.3, 0.4) is 0 Å². The van der Waals surface area contributed by atoms with Crippen LogP contribution in [0.15, 0.2) is 6.07 Å². The molecule has 4 heteroatoms. The third kappa shape index (κ3) is 2.25. The Morgan fingerprint density at radius 3 is 3.00 bits per heavy atom. The lowest BCUT2D eigenvalue weighted by Gasteiger charge is -2.18. The molecule has 15 heavy (non-hydrogen) atoms. The molecule has 0 saturated carbocycles. The molecule has 2 rings (SSSR count). The molecule has 1 aliphatic heterocycles. The van der Waals surface area contributed by atoms with Gasteiger partial charge in [-0.15, -0.1) is 0 Å². The number of thioether (sulfide) groups is 1. The molecule has 0 N–H and O–H groups in total. The van der Waals surface area contributed by atoms with Gasteiger partial charge in [-0.25, -0.2) is 0 Å². The number of aromatic nitrogens is 2. The molecule has 0 aromatic carbocycles. The standard InChI is InChI=1S/C11H16N2OS/c1-8(14)11-6-10(12-13(11)2)9-4-3-5-15-7-9/h6,9H,3-5,7H2,1-2H3. The van der Waals surface area contributed by atoms with Crippen molar-refractivity contribution in [3.8, 4) is 0 Å². The van der Waals surface area contributed by atoms with Gasteiger partial charge in [0.05, 0.1) is 5.69 Å². The highest BCUT2D eigenvalue weighted by Gasteiger charge is 2.20. The van der Waals surface area contributed by atoms with E-state index in [-0.39, 0.29) is 5.78 Å². The Morgan fingerprint density at radius 1 is 1.67 bits per heavy atom. The highest BCUT2D eigenvalue weighted by atomic mass is 32.2. The fourth-order valence-electron chi connectivity index (χ4n) is 1.99. The van der Waals surface area contributed by atoms with E-state index >= 15 is 0 Å². The van der Waals surface area contributed by atoms with Crippen molar-refractivity contribution in [3.63, 3.8) is 0 Å². The first-order chi connectivity index (χ1) is 7.18. The molecular formula is C11H16N2OS. The Morgan fingerprint density at radius 2 is 2.47 bits per heavy atom. The maximum atomic E-state index is 11.3. The van der Waals surface area contributed by atoms with E-state index in [1.165, 1.54) is 18.6 Å². The van der Waals surface area contributed by atoms with Crippen molar-refractivity contribution in [2.45, 2.75) is 25.7 Å². The van der Waals surface area contributed by atoms with Gasteiger partial charge in [-0.2, -0.15) is 16.9 Å². The summed E-state index contributed by atoms with van der Waals surface area (Å²) < 4.78 is 1.71. The largest absolute Gasteiger partial charge is 0.293 e. The zero-order valence-electron chi connectivity index (χ0n) is 9.19. The number of hydrogen-bond donors (Lipinski definition) is 0. The minimum atomic E-state index is 0.0970. The highest BCUT2D eigenvalue weighted by molar-refractivity contribution is 7.99. The molecule has 2 heterocycles. The fourth-order valence-corrected chi connectivity index (χ4v) is 3.15. The first kappa shape index (κ1) is 10.7. The number of carbonyl (C=O) groups is 1. The van der Waals surface area contributed by atoms with Crippen molar-refractivity contribution < 1.29 is 4.79 Å². The van der Waals surface area contributed by atoms with Crippen LogP contribution >= 0.6 is 11.8 Å². The molecule has 1 atom stereocenters. The summed E-state index contributed by atoms with van der Waals surface area (Å²) in [6.45, 7) is 1.59. The number of carbonyl (C=O) groups excluding carboxylic acids is 1. The van der Waals surface area contributed by atoms with E-state index in [0.29, 0.717) is 5.92 Å². The van der Waals surface area contributed by atoms with Gasteiger partial charge in [-0.3, -0.25) is 9.48 Å². The average Bonchev–Trinajstić information content (AvgIpc) is 2.62. The number of hydrogen-bond acceptors (Lipinski definition) is 3. The van der Waals surface area contributed by atoms with Crippen LogP contribution in [0, 0.1) is 0 Å². The Bertz CT molecular complexity index is 367. The first-order valence-corrected chi connectivity index (χ1v) is 6.46. The predicted molar refractivity (Wildman–Crippen MR) is 62.5 cm³/mol. The number of Topliss-reactive ketones (excluding diaryl/α,β-unsaturated/α-hetero) is 1. The quantitative estimate of drug-likeness (QED) is 0.723. The number of ketones is 1. The maximum absolute atomic E-state index is 11.3. The Hall–Kier alpha value is -0.770. The van der Waals surface area contributed by atoms with Crippen molar-refractivity contribution >= 4 is 17.5 Å². The number of aryl methyl sites for hydroxylation is 1. The average molecular weight is 224 g/mol. The van der Waals surface area contributed by atoms with E-state index < -0.39 is 0 Å². The van der Waals surface area contributed by atoms with Crippen molar-refractivity contribution in [2.24, 2.45) is 7.05 Å². The smallest absolute Gasteiger partial charge is 0.177 e. The molecule has 1 fully saturated rings. The molecule has 1 aromatic heterocycles. The van der Waals surface area contributed by atoms with Crippen LogP contribution in [0.2, 0.25) is 0 Å². The summed E-state index contributed by atoms with van der Waals surface area (Å²) in [6.07, 6.45) is 2.47. The van der Waals surface area contributed by atoms with E-state index in [2.05, 4.69) is 5.10 Å². The van der Waals surface area contributed by atoms with Gasteiger partial charge in [-0.1, -0.05) is 0 Å². The van der Waals surface area contributed by atoms with Gasteiger partial charge in [0.25, 0.3) is 0 Å². The first-order valence-electron chi connectivity index (χ1n) is 5.31. The van der Waals surface area contributed by atoms with E-state index in [0.717, 1.165) is 17.1 Å². The molecular weight excluding hydrogens is 208 g/mol. The van der Waals surface area contributed by atoms with Crippen molar-refractivity contribution in [1.82, 2.24) is 9.78 Å². The molecule has 0 amide bonds. The van der Waals surface area contributed by atoms with Gasteiger partial charge < -0.3 is 0 Å². The second-order valence-electron chi connectivity index (χ2n) is 4.05. The van der Waals surface area contributed by atoms with Gasteiger partial charge in [0, 0.05) is 25.6 Å². The lowest BCUT2D eigenvalue weighted by molar-refractivity contribution is 0.100. The van der Waals surface area contributed by atoms with E-state index in [1.807, 2.05) is 24.9 Å². The zero-order valence-corrected chi connectivity index (χ0v) is 10.0. The normalized spacial score (nSPS) is 21.6. The number of rotatable bonds is 2. The lowest BCUT2D eigenvalue weighted by atomic mass is 10.0. The van der Waals surface area contributed by atoms with Crippen LogP contribution < -0.4 is 0 Å². The topological polar surface area (TPSA) is 34.9 Å². The van der Waals surface area contributed by atoms with Crippen molar-refractivity contribution in [3.05, 3.63) is 17.5 Å². The molecule has 0 spiro atoms. The fraction of sp³-hybridized carbons (Fsp3) is 0.636. The molecule has 0 bridgehead atoms. The summed E-state index contributed by atoms with van der Waals surface area (Å²) in [7, 11) is 1.84. The second kappa shape index (κ2) is 4.39. The van der Waals surface area contributed by atoms with Gasteiger partial charge >= 0.3 is 0 Å². The van der Waals surface area contributed by atoms with E-state index in [9.17, 15) is 4.79 Å². The molecule has 82 valence electrons. The van der Waals surface area contributed by atoms with Gasteiger partial charge in [-0.05, 0) is 24.7 Å². The maximum Gasteiger partial charge on any atom is 0.177 e. The van der Waals surface area contributed by atoms with Crippen LogP contribution in [-0.2, 0) is 7.05 Å². The minimum Gasteiger partial charge on any atom is -0.293 e. The zero-order chi connectivity index (χ0) is 10.8. The molecule has 1 unspecified atom stereocenters. The Labute approximate surface area is 94.2 Å². The molecule has 1 aromatic rings. The third-order valence-corrected chi connectivity index (χ3v) is 4.05. The Kier molecular flexibility index (Phi) is 3.14. The number of nitrogens with zero attached hydrogens (tertiary/aromatic N) is 2. The summed E-state index contributed by atoms with van der Waals surface area (Å²) in [5.74, 6) is 3.06. The molecule has 3 nitrogen and oxygen atoms in total. The Balaban J connectivity index is 2.21. The van der Waals surface area contributed by atoms with E-state index in [1.54, 1.807) is 11.6 Å². The lowest BCUT2D eigenvalue weighted by Crippen LogP contribution is -2.09. The predicted octanol–water partition coefficient (Wildman–Crippen LogP) is 2.23. The summed E-state index contributed by atoms with van der Waals surface area (Å²) in [5.41, 5.74) is 1.82. The molecule has 0 radical (unpaired) electrons. The molecule has 1 aliphatic rings. The van der Waals surface area contributed by atoms with Crippen LogP contribution in [0.4, 0.5) is 0 Å². The molecule has 1 saturated heterocycles. The van der Waals surface area contributed by atoms with Crippen LogP contribution in [0.25, 0.3) is 0 Å². The summed E-state index contributed by atoms with van der Waals surface area (Å²) >= 11 is 1.99. The SMILES string of the molecule is CC(=O)c1cc(C2CCCSC2)nn1C. The van der Waals surface area contributed by atoms with Crippen LogP contribution in [0.5, 0.6) is 0 Å². The third-order valence-electron chi connectivity index (χ3n) is 2.84. The summed E-state index contributed by atoms with van der Waals surface area (Å²) in [5, 5.41) is 4.44. The summed E-state index contributed by atoms with van der Waals surface area (Å²) in [4.78, 5) is 11.3. The van der Waals surface area contributed by atoms with Crippen molar-refractivity contribution in [2.75, 3.05) is 11.5 Å². The summed E-state index contributed by atoms with van der Waals surface area (Å²) in [6, 6.07) is 1.96. The van der Waals surface area contributed by atoms with Crippen molar-refractivity contribution in [1.29, 1.82) is 0 Å². The molecule has 0 aliphatic carbocycles. The minimum absolute atomic E-state index is 0.0970. The van der Waals surface area contributed by atoms with Crippen LogP contribution in [0.1, 0.15) is 41.9 Å². The van der Waals surface area contributed by atoms with Gasteiger partial charge in [0.2, 0.25) is 0 Å². The second-order valence-corrected chi connectivity index (χ2v) is 5.20. The highest BCUT2D eigenvalue weighted by Crippen LogP contribution is 2.30. The van der Waals surface area contributed by atoms with Crippen LogP contribution in [-0.4, -0.2) is 27.1 Å².